The van der Waals surface area contributed by atoms with Gasteiger partial charge < -0.3 is 19.7 Å². The van der Waals surface area contributed by atoms with Crippen LogP contribution < -0.4 is 14.8 Å². The summed E-state index contributed by atoms with van der Waals surface area (Å²) in [5, 5.41) is 17.4. The molecule has 0 saturated carbocycles. The largest absolute Gasteiger partial charge is 0.497 e. The predicted molar refractivity (Wildman–Crippen MR) is 116 cm³/mol. The van der Waals surface area contributed by atoms with Crippen molar-refractivity contribution in [3.8, 4) is 17.6 Å². The zero-order valence-corrected chi connectivity index (χ0v) is 17.5. The number of nitrogens with zero attached hydrogens (tertiary/aromatic N) is 4. The smallest absolute Gasteiger partial charge is 0.149 e. The minimum atomic E-state index is 0.397. The molecule has 0 spiro atoms. The van der Waals surface area contributed by atoms with E-state index in [1.807, 2.05) is 36.5 Å². The number of benzene rings is 1. The van der Waals surface area contributed by atoms with Crippen LogP contribution in [0, 0.1) is 17.2 Å². The van der Waals surface area contributed by atoms with Crippen molar-refractivity contribution in [2.24, 2.45) is 5.92 Å². The van der Waals surface area contributed by atoms with Crippen LogP contribution in [0.3, 0.4) is 0 Å². The first-order valence-electron chi connectivity index (χ1n) is 10.3. The molecule has 156 valence electrons. The van der Waals surface area contributed by atoms with Crippen molar-refractivity contribution >= 4 is 11.2 Å². The van der Waals surface area contributed by atoms with E-state index in [4.69, 9.17) is 9.47 Å². The van der Waals surface area contributed by atoms with Crippen molar-refractivity contribution in [2.45, 2.75) is 19.4 Å². The number of fused-ring (bicyclic) bond motifs is 1. The minimum absolute atomic E-state index is 0.397. The molecule has 0 radical (unpaired) electrons. The Bertz CT molecular complexity index is 1030. The topological polar surface area (TPSA) is 74.8 Å². The summed E-state index contributed by atoms with van der Waals surface area (Å²) in [6.45, 7) is 3.61. The Hall–Kier alpha value is -3.24. The lowest BCUT2D eigenvalue weighted by molar-refractivity contribution is 0.226. The van der Waals surface area contributed by atoms with Crippen molar-refractivity contribution < 1.29 is 9.47 Å². The number of piperidine rings is 1. The van der Waals surface area contributed by atoms with Crippen LogP contribution in [-0.2, 0) is 6.61 Å². The Balaban J connectivity index is 1.52. The predicted octanol–water partition coefficient (Wildman–Crippen LogP) is 3.55. The molecule has 7 heteroatoms. The lowest BCUT2D eigenvalue weighted by atomic mass is 9.97. The molecule has 3 heterocycles. The van der Waals surface area contributed by atoms with E-state index in [-0.39, 0.29) is 0 Å². The first-order chi connectivity index (χ1) is 14.7. The Labute approximate surface area is 176 Å². The van der Waals surface area contributed by atoms with E-state index < -0.39 is 0 Å². The molecule has 1 aromatic carbocycles. The number of likely N-dealkylation sites (tertiary alicyclic amines) is 1. The molecule has 30 heavy (non-hydrogen) atoms. The third-order valence-corrected chi connectivity index (χ3v) is 5.68. The standard InChI is InChI=1S/C23H27N5O2/c1-27-9-7-17(8-10-27)13-25-20-11-22(23-19(12-24)14-26-28(23)15-20)30-16-18-3-5-21(29-2)6-4-18/h3-6,11,14-15,17,25H,7-10,13,16H2,1-2H3. The van der Waals surface area contributed by atoms with E-state index in [1.165, 1.54) is 12.8 Å². The second-order valence-corrected chi connectivity index (χ2v) is 7.82. The molecule has 1 N–H and O–H groups in total. The van der Waals surface area contributed by atoms with Gasteiger partial charge in [0.1, 0.15) is 35.3 Å². The molecular formula is C23H27N5O2. The van der Waals surface area contributed by atoms with Crippen LogP contribution in [0.4, 0.5) is 5.69 Å². The third-order valence-electron chi connectivity index (χ3n) is 5.68. The SMILES string of the molecule is COc1ccc(COc2cc(NCC3CCN(C)CC3)cn3ncc(C#N)c23)cc1. The normalized spacial score (nSPS) is 15.1. The number of nitrogens with one attached hydrogen (secondary N) is 1. The molecule has 0 unspecified atom stereocenters. The molecule has 1 aliphatic rings. The van der Waals surface area contributed by atoms with E-state index in [1.54, 1.807) is 17.8 Å². The zero-order valence-electron chi connectivity index (χ0n) is 17.5. The van der Waals surface area contributed by atoms with Crippen molar-refractivity contribution in [3.63, 3.8) is 0 Å². The fourth-order valence-electron chi connectivity index (χ4n) is 3.78. The van der Waals surface area contributed by atoms with Crippen molar-refractivity contribution in [3.05, 3.63) is 53.9 Å². The van der Waals surface area contributed by atoms with E-state index >= 15 is 0 Å². The van der Waals surface area contributed by atoms with Crippen LogP contribution in [-0.4, -0.2) is 48.3 Å². The first kappa shape index (κ1) is 20.0. The minimum Gasteiger partial charge on any atom is -0.497 e. The van der Waals surface area contributed by atoms with E-state index in [9.17, 15) is 5.26 Å². The van der Waals surface area contributed by atoms with Crippen LogP contribution in [0.2, 0.25) is 0 Å². The summed E-state index contributed by atoms with van der Waals surface area (Å²) in [7, 11) is 3.82. The first-order valence-corrected chi connectivity index (χ1v) is 10.3. The van der Waals surface area contributed by atoms with E-state index in [0.29, 0.717) is 29.4 Å². The molecule has 1 saturated heterocycles. The molecule has 0 bridgehead atoms. The summed E-state index contributed by atoms with van der Waals surface area (Å²) in [4.78, 5) is 2.38. The van der Waals surface area contributed by atoms with Gasteiger partial charge in [-0.15, -0.1) is 0 Å². The van der Waals surface area contributed by atoms with Gasteiger partial charge in [-0.25, -0.2) is 4.52 Å². The summed E-state index contributed by atoms with van der Waals surface area (Å²) >= 11 is 0. The van der Waals surface area contributed by atoms with Gasteiger partial charge in [0, 0.05) is 12.6 Å². The molecule has 2 aromatic heterocycles. The fourth-order valence-corrected chi connectivity index (χ4v) is 3.78. The number of hydrogen-bond acceptors (Lipinski definition) is 6. The maximum Gasteiger partial charge on any atom is 0.149 e. The summed E-state index contributed by atoms with van der Waals surface area (Å²) in [6, 6.07) is 11.9. The summed E-state index contributed by atoms with van der Waals surface area (Å²) in [5.74, 6) is 2.12. The van der Waals surface area contributed by atoms with Crippen molar-refractivity contribution in [1.82, 2.24) is 14.5 Å². The third kappa shape index (κ3) is 4.50. The van der Waals surface area contributed by atoms with E-state index in [2.05, 4.69) is 28.4 Å². The molecule has 7 nitrogen and oxygen atoms in total. The molecule has 3 aromatic rings. The molecule has 0 amide bonds. The lowest BCUT2D eigenvalue weighted by Gasteiger charge is -2.29. The maximum absolute atomic E-state index is 9.46. The molecule has 1 aliphatic heterocycles. The van der Waals surface area contributed by atoms with Crippen LogP contribution >= 0.6 is 0 Å². The summed E-state index contributed by atoms with van der Waals surface area (Å²) in [5.41, 5.74) is 3.16. The number of anilines is 1. The number of pyridine rings is 1. The summed E-state index contributed by atoms with van der Waals surface area (Å²) in [6.07, 6.45) is 5.90. The molecule has 0 atom stereocenters. The van der Waals surface area contributed by atoms with Crippen molar-refractivity contribution in [1.29, 1.82) is 5.26 Å². The molecular weight excluding hydrogens is 378 g/mol. The van der Waals surface area contributed by atoms with Crippen molar-refractivity contribution in [2.75, 3.05) is 39.1 Å². The van der Waals surface area contributed by atoms with Crippen LogP contribution in [0.25, 0.3) is 5.52 Å². The molecule has 0 aliphatic carbocycles. The van der Waals surface area contributed by atoms with Gasteiger partial charge in [-0.2, -0.15) is 10.4 Å². The second kappa shape index (κ2) is 9.06. The number of methoxy groups -OCH3 is 1. The number of hydrogen-bond donors (Lipinski definition) is 1. The van der Waals surface area contributed by atoms with Crippen LogP contribution in [0.5, 0.6) is 11.5 Å². The van der Waals surface area contributed by atoms with Gasteiger partial charge in [-0.3, -0.25) is 0 Å². The van der Waals surface area contributed by atoms with Gasteiger partial charge in [0.2, 0.25) is 0 Å². The fraction of sp³-hybridized carbons (Fsp3) is 0.391. The second-order valence-electron chi connectivity index (χ2n) is 7.82. The average molecular weight is 406 g/mol. The van der Waals surface area contributed by atoms with Gasteiger partial charge in [0.05, 0.1) is 25.2 Å². The molecule has 4 rings (SSSR count). The highest BCUT2D eigenvalue weighted by atomic mass is 16.5. The average Bonchev–Trinajstić information content (AvgIpc) is 3.20. The Morgan fingerprint density at radius 3 is 2.70 bits per heavy atom. The van der Waals surface area contributed by atoms with Crippen LogP contribution in [0.1, 0.15) is 24.0 Å². The maximum atomic E-state index is 9.46. The monoisotopic (exact) mass is 405 g/mol. The Morgan fingerprint density at radius 2 is 2.00 bits per heavy atom. The number of ether oxygens (including phenoxy) is 2. The highest BCUT2D eigenvalue weighted by Crippen LogP contribution is 2.28. The van der Waals surface area contributed by atoms with Gasteiger partial charge >= 0.3 is 0 Å². The van der Waals surface area contributed by atoms with Crippen LogP contribution in [0.15, 0.2) is 42.7 Å². The lowest BCUT2D eigenvalue weighted by Crippen LogP contribution is -2.32. The highest BCUT2D eigenvalue weighted by Gasteiger charge is 2.17. The quantitative estimate of drug-likeness (QED) is 0.648. The number of nitriles is 1. The van der Waals surface area contributed by atoms with E-state index in [0.717, 1.165) is 36.6 Å². The van der Waals surface area contributed by atoms with Gasteiger partial charge in [-0.05, 0) is 56.6 Å². The highest BCUT2D eigenvalue weighted by molar-refractivity contribution is 5.72. The Kier molecular flexibility index (Phi) is 6.05. The number of rotatable bonds is 7. The van der Waals surface area contributed by atoms with Gasteiger partial charge in [-0.1, -0.05) is 12.1 Å². The zero-order chi connectivity index (χ0) is 20.9. The molecule has 1 fully saturated rings. The summed E-state index contributed by atoms with van der Waals surface area (Å²) < 4.78 is 13.1. The van der Waals surface area contributed by atoms with Gasteiger partial charge in [0.15, 0.2) is 0 Å². The Morgan fingerprint density at radius 1 is 1.23 bits per heavy atom. The number of aromatic nitrogens is 2. The van der Waals surface area contributed by atoms with Gasteiger partial charge in [0.25, 0.3) is 0 Å².